The number of rotatable bonds is 4. The standard InChI is InChI=1S/C17H13N3O4/c1-2-22-12-9-7-11(8-10-12)20-15(17(21)24-19-20)16-18-13-5-3-4-6-14(13)23-16/h3-10H,2H2,1H3. The van der Waals surface area contributed by atoms with E-state index in [-0.39, 0.29) is 11.6 Å². The summed E-state index contributed by atoms with van der Waals surface area (Å²) in [4.78, 5) is 4.34. The van der Waals surface area contributed by atoms with Crippen molar-refractivity contribution >= 4 is 11.1 Å². The van der Waals surface area contributed by atoms with Gasteiger partial charge in [0.15, 0.2) is 11.5 Å². The molecular formula is C17H13N3O4. The zero-order chi connectivity index (χ0) is 16.5. The Morgan fingerprint density at radius 1 is 1.12 bits per heavy atom. The second-order valence-corrected chi connectivity index (χ2v) is 5.03. The fourth-order valence-electron chi connectivity index (χ4n) is 2.43. The maximum atomic E-state index is 12.1. The fourth-order valence-corrected chi connectivity index (χ4v) is 2.43. The van der Waals surface area contributed by atoms with Crippen molar-refractivity contribution in [3.63, 3.8) is 0 Å². The SMILES string of the molecule is CCOc1ccc(-[n+]2noc([O-])c2-c2nc3ccccc3o2)cc1. The molecule has 0 unspecified atom stereocenters. The maximum absolute atomic E-state index is 12.1. The molecular weight excluding hydrogens is 310 g/mol. The zero-order valence-electron chi connectivity index (χ0n) is 12.8. The van der Waals surface area contributed by atoms with E-state index in [2.05, 4.69) is 10.3 Å². The second-order valence-electron chi connectivity index (χ2n) is 5.03. The van der Waals surface area contributed by atoms with Gasteiger partial charge in [0, 0.05) is 12.1 Å². The highest BCUT2D eigenvalue weighted by molar-refractivity contribution is 5.75. The molecule has 4 aromatic rings. The van der Waals surface area contributed by atoms with Crippen molar-refractivity contribution < 1.29 is 23.5 Å². The predicted octanol–water partition coefficient (Wildman–Crippen LogP) is 2.23. The Labute approximate surface area is 136 Å². The lowest BCUT2D eigenvalue weighted by molar-refractivity contribution is -0.660. The van der Waals surface area contributed by atoms with Crippen molar-refractivity contribution in [3.05, 3.63) is 48.5 Å². The van der Waals surface area contributed by atoms with Crippen molar-refractivity contribution in [2.45, 2.75) is 6.92 Å². The molecule has 0 saturated heterocycles. The van der Waals surface area contributed by atoms with Crippen LogP contribution in [0, 0.1) is 0 Å². The minimum absolute atomic E-state index is 0.135. The summed E-state index contributed by atoms with van der Waals surface area (Å²) in [6.45, 7) is 2.49. The van der Waals surface area contributed by atoms with E-state index < -0.39 is 5.95 Å². The fraction of sp³-hybridized carbons (Fsp3) is 0.118. The van der Waals surface area contributed by atoms with Crippen molar-refractivity contribution in [2.75, 3.05) is 6.61 Å². The van der Waals surface area contributed by atoms with Gasteiger partial charge < -0.3 is 18.8 Å². The Bertz CT molecular complexity index is 956. The van der Waals surface area contributed by atoms with Crippen LogP contribution < -0.4 is 14.5 Å². The van der Waals surface area contributed by atoms with Crippen molar-refractivity contribution in [3.8, 4) is 29.0 Å². The number of hydrogen-bond acceptors (Lipinski definition) is 6. The average molecular weight is 323 g/mol. The summed E-state index contributed by atoms with van der Waals surface area (Å²) < 4.78 is 17.2. The van der Waals surface area contributed by atoms with E-state index in [0.29, 0.717) is 23.4 Å². The maximum Gasteiger partial charge on any atom is 0.325 e. The van der Waals surface area contributed by atoms with E-state index in [1.807, 2.05) is 25.1 Å². The molecule has 7 nitrogen and oxygen atoms in total. The highest BCUT2D eigenvalue weighted by Gasteiger charge is 2.27. The van der Waals surface area contributed by atoms with Gasteiger partial charge in [-0.15, -0.1) is 0 Å². The lowest BCUT2D eigenvalue weighted by Gasteiger charge is -2.01. The normalized spacial score (nSPS) is 11.0. The van der Waals surface area contributed by atoms with Gasteiger partial charge >= 0.3 is 5.69 Å². The Morgan fingerprint density at radius 3 is 2.67 bits per heavy atom. The van der Waals surface area contributed by atoms with E-state index in [1.54, 1.807) is 30.3 Å². The molecule has 0 fully saturated rings. The molecule has 0 N–H and O–H groups in total. The first kappa shape index (κ1) is 14.3. The summed E-state index contributed by atoms with van der Waals surface area (Å²) in [5.74, 6) is 0.280. The number of aromatic nitrogens is 3. The lowest BCUT2D eigenvalue weighted by atomic mass is 10.3. The van der Waals surface area contributed by atoms with Gasteiger partial charge in [-0.3, -0.25) is 0 Å². The topological polar surface area (TPSA) is 88.2 Å². The van der Waals surface area contributed by atoms with Crippen LogP contribution in [0.25, 0.3) is 28.4 Å². The van der Waals surface area contributed by atoms with E-state index in [9.17, 15) is 5.11 Å². The first-order valence-electron chi connectivity index (χ1n) is 7.44. The molecule has 0 saturated carbocycles. The van der Waals surface area contributed by atoms with Crippen LogP contribution >= 0.6 is 0 Å². The molecule has 4 rings (SSSR count). The van der Waals surface area contributed by atoms with Crippen molar-refractivity contribution in [2.24, 2.45) is 0 Å². The number of benzene rings is 2. The summed E-state index contributed by atoms with van der Waals surface area (Å²) in [5, 5.41) is 15.9. The van der Waals surface area contributed by atoms with Crippen LogP contribution in [0.4, 0.5) is 0 Å². The van der Waals surface area contributed by atoms with Crippen LogP contribution in [-0.4, -0.2) is 16.9 Å². The molecule has 0 bridgehead atoms. The third kappa shape index (κ3) is 2.36. The first-order chi connectivity index (χ1) is 11.8. The highest BCUT2D eigenvalue weighted by atomic mass is 16.6. The van der Waals surface area contributed by atoms with Gasteiger partial charge in [0.05, 0.1) is 11.9 Å². The molecule has 24 heavy (non-hydrogen) atoms. The number of fused-ring (bicyclic) bond motifs is 1. The van der Waals surface area contributed by atoms with Crippen LogP contribution in [0.1, 0.15) is 6.92 Å². The molecule has 0 atom stereocenters. The van der Waals surface area contributed by atoms with Crippen LogP contribution in [0.15, 0.2) is 57.5 Å². The van der Waals surface area contributed by atoms with Gasteiger partial charge in [-0.2, -0.15) is 0 Å². The Morgan fingerprint density at radius 2 is 1.92 bits per heavy atom. The van der Waals surface area contributed by atoms with E-state index in [0.717, 1.165) is 5.75 Å². The van der Waals surface area contributed by atoms with Crippen LogP contribution in [-0.2, 0) is 0 Å². The lowest BCUT2D eigenvalue weighted by Crippen LogP contribution is -2.34. The molecule has 2 heterocycles. The summed E-state index contributed by atoms with van der Waals surface area (Å²) in [7, 11) is 0. The van der Waals surface area contributed by atoms with E-state index in [4.69, 9.17) is 13.7 Å². The van der Waals surface area contributed by atoms with Crippen molar-refractivity contribution in [1.29, 1.82) is 0 Å². The quantitative estimate of drug-likeness (QED) is 0.535. The average Bonchev–Trinajstić information content (AvgIpc) is 3.18. The summed E-state index contributed by atoms with van der Waals surface area (Å²) in [6.07, 6.45) is 0. The summed E-state index contributed by atoms with van der Waals surface area (Å²) >= 11 is 0. The molecule has 0 radical (unpaired) electrons. The Kier molecular flexibility index (Phi) is 3.38. The van der Waals surface area contributed by atoms with E-state index >= 15 is 0 Å². The number of para-hydroxylation sites is 2. The van der Waals surface area contributed by atoms with Crippen LogP contribution in [0.3, 0.4) is 0 Å². The third-order valence-corrected chi connectivity index (χ3v) is 3.50. The third-order valence-electron chi connectivity index (χ3n) is 3.50. The second kappa shape index (κ2) is 5.69. The summed E-state index contributed by atoms with van der Waals surface area (Å²) in [5.41, 5.74) is 2.02. The molecule has 0 aliphatic heterocycles. The van der Waals surface area contributed by atoms with Crippen LogP contribution in [0.5, 0.6) is 11.7 Å². The molecule has 0 spiro atoms. The van der Waals surface area contributed by atoms with Gasteiger partial charge in [-0.05, 0) is 35.9 Å². The number of nitrogens with zero attached hydrogens (tertiary/aromatic N) is 3. The van der Waals surface area contributed by atoms with Gasteiger partial charge in [0.25, 0.3) is 5.89 Å². The number of hydrogen-bond donors (Lipinski definition) is 0. The molecule has 0 aliphatic rings. The number of oxazole rings is 1. The monoisotopic (exact) mass is 323 g/mol. The van der Waals surface area contributed by atoms with Crippen molar-refractivity contribution in [1.82, 2.24) is 10.3 Å². The predicted molar refractivity (Wildman–Crippen MR) is 81.7 cm³/mol. The minimum Gasteiger partial charge on any atom is -0.538 e. The minimum atomic E-state index is -0.615. The smallest absolute Gasteiger partial charge is 0.325 e. The van der Waals surface area contributed by atoms with Gasteiger partial charge in [-0.1, -0.05) is 12.1 Å². The number of ether oxygens (including phenoxy) is 1. The highest BCUT2D eigenvalue weighted by Crippen LogP contribution is 2.27. The molecule has 7 heteroatoms. The van der Waals surface area contributed by atoms with Gasteiger partial charge in [-0.25, -0.2) is 4.98 Å². The Balaban J connectivity index is 1.80. The molecule has 2 aromatic heterocycles. The molecule has 0 amide bonds. The largest absolute Gasteiger partial charge is 0.538 e. The zero-order valence-corrected chi connectivity index (χ0v) is 12.8. The first-order valence-corrected chi connectivity index (χ1v) is 7.44. The van der Waals surface area contributed by atoms with E-state index in [1.165, 1.54) is 4.68 Å². The summed E-state index contributed by atoms with van der Waals surface area (Å²) in [6, 6.07) is 14.4. The molecule has 120 valence electrons. The molecule has 0 aliphatic carbocycles. The van der Waals surface area contributed by atoms with Crippen LogP contribution in [0.2, 0.25) is 0 Å². The molecule has 2 aromatic carbocycles. The van der Waals surface area contributed by atoms with Gasteiger partial charge in [0.1, 0.15) is 11.3 Å². The Hall–Kier alpha value is -3.35. The van der Waals surface area contributed by atoms with Gasteiger partial charge in [0.2, 0.25) is 5.69 Å².